The minimum absolute atomic E-state index is 0.0383. The van der Waals surface area contributed by atoms with Gasteiger partial charge in [-0.05, 0) is 42.3 Å². The van der Waals surface area contributed by atoms with Gasteiger partial charge in [0, 0.05) is 10.7 Å². The van der Waals surface area contributed by atoms with Crippen LogP contribution in [0.4, 0.5) is 5.69 Å². The maximum Gasteiger partial charge on any atom is 0.337 e. The number of anilines is 1. The number of benzene rings is 2. The molecular formula is C16H11Cl2NO3. The monoisotopic (exact) mass is 335 g/mol. The molecule has 22 heavy (non-hydrogen) atoms. The first kappa shape index (κ1) is 14.9. The Hall–Kier alpha value is -2.04. The van der Waals surface area contributed by atoms with Gasteiger partial charge < -0.3 is 10.4 Å². The maximum atomic E-state index is 12.5. The van der Waals surface area contributed by atoms with E-state index < -0.39 is 11.4 Å². The molecule has 1 amide bonds. The molecule has 2 aromatic rings. The highest BCUT2D eigenvalue weighted by Crippen LogP contribution is 2.46. The fourth-order valence-corrected chi connectivity index (χ4v) is 3.33. The second kappa shape index (κ2) is 5.00. The van der Waals surface area contributed by atoms with Crippen molar-refractivity contribution < 1.29 is 14.7 Å². The number of amides is 1. The van der Waals surface area contributed by atoms with Gasteiger partial charge in [-0.25, -0.2) is 4.79 Å². The molecule has 0 aromatic heterocycles. The zero-order chi connectivity index (χ0) is 16.1. The Kier molecular flexibility index (Phi) is 3.38. The van der Waals surface area contributed by atoms with Crippen molar-refractivity contribution in [1.82, 2.24) is 0 Å². The van der Waals surface area contributed by atoms with E-state index in [1.54, 1.807) is 37.3 Å². The van der Waals surface area contributed by atoms with Crippen molar-refractivity contribution in [3.8, 4) is 0 Å². The standard InChI is InChI=1S/C16H11Cl2NO3/c1-16(10-4-2-3-9(13(10)18)14(20)21)11-7-8(17)5-6-12(11)19-15(16)22/h2-7H,1H3,(H,19,22)(H,20,21)/t16-/m0/s1. The van der Waals surface area contributed by atoms with Crippen molar-refractivity contribution in [3.05, 3.63) is 63.1 Å². The number of halogens is 2. The first-order valence-electron chi connectivity index (χ1n) is 6.49. The summed E-state index contributed by atoms with van der Waals surface area (Å²) in [5.74, 6) is -1.41. The molecule has 0 spiro atoms. The smallest absolute Gasteiger partial charge is 0.337 e. The number of fused-ring (bicyclic) bond motifs is 1. The summed E-state index contributed by atoms with van der Waals surface area (Å²) >= 11 is 12.3. The van der Waals surface area contributed by atoms with Crippen LogP contribution >= 0.6 is 23.2 Å². The lowest BCUT2D eigenvalue weighted by Gasteiger charge is -2.24. The number of carboxylic acids is 1. The zero-order valence-electron chi connectivity index (χ0n) is 11.5. The third kappa shape index (κ3) is 1.99. The van der Waals surface area contributed by atoms with E-state index in [1.807, 2.05) is 0 Å². The van der Waals surface area contributed by atoms with Crippen molar-refractivity contribution in [3.63, 3.8) is 0 Å². The molecule has 0 bridgehead atoms. The molecule has 0 saturated carbocycles. The second-order valence-corrected chi connectivity index (χ2v) is 6.06. The molecule has 1 aliphatic heterocycles. The lowest BCUT2D eigenvalue weighted by molar-refractivity contribution is -0.119. The maximum absolute atomic E-state index is 12.5. The van der Waals surface area contributed by atoms with Gasteiger partial charge in [0.05, 0.1) is 16.0 Å². The zero-order valence-corrected chi connectivity index (χ0v) is 13.0. The van der Waals surface area contributed by atoms with Crippen molar-refractivity contribution in [2.24, 2.45) is 0 Å². The van der Waals surface area contributed by atoms with Crippen LogP contribution < -0.4 is 5.32 Å². The van der Waals surface area contributed by atoms with Crippen molar-refractivity contribution in [1.29, 1.82) is 0 Å². The summed E-state index contributed by atoms with van der Waals surface area (Å²) in [6.45, 7) is 1.71. The van der Waals surface area contributed by atoms with Gasteiger partial charge in [-0.1, -0.05) is 35.3 Å². The summed E-state index contributed by atoms with van der Waals surface area (Å²) in [6.07, 6.45) is 0. The minimum atomic E-state index is -1.14. The van der Waals surface area contributed by atoms with E-state index in [9.17, 15) is 14.7 Å². The predicted molar refractivity (Wildman–Crippen MR) is 84.9 cm³/mol. The van der Waals surface area contributed by atoms with E-state index in [0.717, 1.165) is 0 Å². The van der Waals surface area contributed by atoms with Gasteiger partial charge in [-0.15, -0.1) is 0 Å². The summed E-state index contributed by atoms with van der Waals surface area (Å²) < 4.78 is 0. The third-order valence-electron chi connectivity index (χ3n) is 3.99. The summed E-state index contributed by atoms with van der Waals surface area (Å²) in [4.78, 5) is 23.8. The Morgan fingerprint density at radius 1 is 1.18 bits per heavy atom. The fourth-order valence-electron chi connectivity index (χ4n) is 2.76. The average molecular weight is 336 g/mol. The van der Waals surface area contributed by atoms with Gasteiger partial charge in [-0.2, -0.15) is 0 Å². The fraction of sp³-hybridized carbons (Fsp3) is 0.125. The Balaban J connectivity index is 2.29. The van der Waals surface area contributed by atoms with Crippen LogP contribution in [0.1, 0.15) is 28.4 Å². The summed E-state index contributed by atoms with van der Waals surface area (Å²) in [5.41, 5.74) is 0.627. The topological polar surface area (TPSA) is 66.4 Å². The van der Waals surface area contributed by atoms with Crippen molar-refractivity contribution in [2.75, 3.05) is 5.32 Å². The average Bonchev–Trinajstić information content (AvgIpc) is 2.71. The quantitative estimate of drug-likeness (QED) is 0.873. The highest BCUT2D eigenvalue weighted by molar-refractivity contribution is 6.35. The third-order valence-corrected chi connectivity index (χ3v) is 4.63. The Labute approximate surface area is 136 Å². The van der Waals surface area contributed by atoms with Gasteiger partial charge in [0.25, 0.3) is 0 Å². The summed E-state index contributed by atoms with van der Waals surface area (Å²) in [6, 6.07) is 9.73. The van der Waals surface area contributed by atoms with Crippen LogP contribution in [0.25, 0.3) is 0 Å². The van der Waals surface area contributed by atoms with E-state index in [4.69, 9.17) is 23.2 Å². The van der Waals surface area contributed by atoms with Crippen LogP contribution in [0.2, 0.25) is 10.0 Å². The molecule has 0 unspecified atom stereocenters. The van der Waals surface area contributed by atoms with Crippen molar-refractivity contribution in [2.45, 2.75) is 12.3 Å². The van der Waals surface area contributed by atoms with E-state index in [1.165, 1.54) is 6.07 Å². The summed E-state index contributed by atoms with van der Waals surface area (Å²) in [5, 5.41) is 12.6. The minimum Gasteiger partial charge on any atom is -0.478 e. The number of hydrogen-bond donors (Lipinski definition) is 2. The van der Waals surface area contributed by atoms with E-state index in [-0.39, 0.29) is 16.5 Å². The molecule has 112 valence electrons. The SMILES string of the molecule is C[C@@]1(c2cccc(C(=O)O)c2Cl)C(=O)Nc2ccc(Cl)cc21. The number of rotatable bonds is 2. The molecule has 0 saturated heterocycles. The first-order chi connectivity index (χ1) is 10.4. The molecule has 1 atom stereocenters. The molecule has 2 aromatic carbocycles. The molecule has 3 rings (SSSR count). The van der Waals surface area contributed by atoms with Gasteiger partial charge >= 0.3 is 5.97 Å². The largest absolute Gasteiger partial charge is 0.478 e. The molecule has 0 radical (unpaired) electrons. The molecular weight excluding hydrogens is 325 g/mol. The van der Waals surface area contributed by atoms with Crippen molar-refractivity contribution >= 4 is 40.8 Å². The molecule has 1 aliphatic rings. The van der Waals surface area contributed by atoms with Gasteiger partial charge in [0.1, 0.15) is 0 Å². The van der Waals surface area contributed by atoms with Crippen LogP contribution in [0, 0.1) is 0 Å². The number of hydrogen-bond acceptors (Lipinski definition) is 2. The Morgan fingerprint density at radius 3 is 2.59 bits per heavy atom. The molecule has 1 heterocycles. The van der Waals surface area contributed by atoms with Crippen LogP contribution in [0.5, 0.6) is 0 Å². The van der Waals surface area contributed by atoms with Crippen LogP contribution in [-0.4, -0.2) is 17.0 Å². The Morgan fingerprint density at radius 2 is 1.91 bits per heavy atom. The number of carboxylic acid groups (broad SMARTS) is 1. The molecule has 4 nitrogen and oxygen atoms in total. The molecule has 0 fully saturated rings. The molecule has 2 N–H and O–H groups in total. The van der Waals surface area contributed by atoms with E-state index in [2.05, 4.69) is 5.32 Å². The lowest BCUT2D eigenvalue weighted by atomic mass is 9.76. The van der Waals surface area contributed by atoms with Crippen LogP contribution in [0.3, 0.4) is 0 Å². The number of aromatic carboxylic acids is 1. The second-order valence-electron chi connectivity index (χ2n) is 5.24. The van der Waals surface area contributed by atoms with Gasteiger partial charge in [-0.3, -0.25) is 4.79 Å². The van der Waals surface area contributed by atoms with Crippen LogP contribution in [0.15, 0.2) is 36.4 Å². The highest BCUT2D eigenvalue weighted by Gasteiger charge is 2.45. The van der Waals surface area contributed by atoms with E-state index >= 15 is 0 Å². The lowest BCUT2D eigenvalue weighted by Crippen LogP contribution is -2.33. The van der Waals surface area contributed by atoms with E-state index in [0.29, 0.717) is 21.8 Å². The first-order valence-corrected chi connectivity index (χ1v) is 7.25. The highest BCUT2D eigenvalue weighted by atomic mass is 35.5. The Bertz CT molecular complexity index is 819. The predicted octanol–water partition coefficient (Wildman–Crippen LogP) is 3.95. The normalized spacial score (nSPS) is 19.7. The number of carbonyl (C=O) groups is 2. The van der Waals surface area contributed by atoms with Crippen LogP contribution in [-0.2, 0) is 10.2 Å². The molecule has 0 aliphatic carbocycles. The number of nitrogens with one attached hydrogen (secondary N) is 1. The van der Waals surface area contributed by atoms with Gasteiger partial charge in [0.2, 0.25) is 5.91 Å². The van der Waals surface area contributed by atoms with Gasteiger partial charge in [0.15, 0.2) is 0 Å². The number of carbonyl (C=O) groups excluding carboxylic acids is 1. The summed E-state index contributed by atoms with van der Waals surface area (Å²) in [7, 11) is 0. The molecule has 6 heteroatoms.